The van der Waals surface area contributed by atoms with Crippen molar-refractivity contribution in [1.29, 1.82) is 0 Å². The third kappa shape index (κ3) is 4.09. The first-order valence-corrected chi connectivity index (χ1v) is 6.44. The van der Waals surface area contributed by atoms with Gasteiger partial charge in [0, 0.05) is 25.3 Å². The van der Waals surface area contributed by atoms with Crippen LogP contribution >= 0.6 is 0 Å². The van der Waals surface area contributed by atoms with Crippen molar-refractivity contribution in [2.24, 2.45) is 5.73 Å². The van der Waals surface area contributed by atoms with Crippen molar-refractivity contribution in [3.63, 3.8) is 0 Å². The molecule has 2 N–H and O–H groups in total. The maximum absolute atomic E-state index is 12.5. The van der Waals surface area contributed by atoms with Crippen molar-refractivity contribution in [2.45, 2.75) is 38.9 Å². The number of halogens is 3. The summed E-state index contributed by atoms with van der Waals surface area (Å²) in [7, 11) is 0. The third-order valence-electron chi connectivity index (χ3n) is 3.12. The quantitative estimate of drug-likeness (QED) is 0.867. The van der Waals surface area contributed by atoms with E-state index in [0.717, 1.165) is 25.1 Å². The molecule has 0 aliphatic carbocycles. The molecular formula is C13H20F3N3. The van der Waals surface area contributed by atoms with Gasteiger partial charge in [-0.1, -0.05) is 13.8 Å². The molecule has 1 aromatic heterocycles. The van der Waals surface area contributed by atoms with Crippen LogP contribution in [0.2, 0.25) is 0 Å². The Morgan fingerprint density at radius 2 is 1.89 bits per heavy atom. The molecule has 1 rings (SSSR count). The molecule has 0 aliphatic heterocycles. The Hall–Kier alpha value is -1.30. The van der Waals surface area contributed by atoms with Crippen molar-refractivity contribution in [3.8, 4) is 0 Å². The summed E-state index contributed by atoms with van der Waals surface area (Å²) in [4.78, 5) is 5.90. The first-order valence-electron chi connectivity index (χ1n) is 6.44. The molecule has 0 bridgehead atoms. The molecule has 0 saturated carbocycles. The van der Waals surface area contributed by atoms with E-state index in [1.54, 1.807) is 0 Å². The van der Waals surface area contributed by atoms with Gasteiger partial charge in [0.25, 0.3) is 0 Å². The van der Waals surface area contributed by atoms with Crippen molar-refractivity contribution < 1.29 is 13.2 Å². The summed E-state index contributed by atoms with van der Waals surface area (Å²) in [6.45, 7) is 5.12. The maximum atomic E-state index is 12.5. The Labute approximate surface area is 111 Å². The molecule has 0 fully saturated rings. The molecule has 0 unspecified atom stereocenters. The van der Waals surface area contributed by atoms with Gasteiger partial charge in [-0.25, -0.2) is 4.98 Å². The molecule has 0 radical (unpaired) electrons. The second-order valence-corrected chi connectivity index (χ2v) is 4.36. The lowest BCUT2D eigenvalue weighted by molar-refractivity contribution is -0.137. The van der Waals surface area contributed by atoms with Gasteiger partial charge in [0.15, 0.2) is 0 Å². The Kier molecular flexibility index (Phi) is 5.60. The van der Waals surface area contributed by atoms with Gasteiger partial charge in [0.05, 0.1) is 5.56 Å². The van der Waals surface area contributed by atoms with Gasteiger partial charge in [-0.15, -0.1) is 0 Å². The van der Waals surface area contributed by atoms with Gasteiger partial charge in [-0.05, 0) is 25.0 Å². The number of anilines is 1. The van der Waals surface area contributed by atoms with Crippen LogP contribution in [0.15, 0.2) is 18.3 Å². The van der Waals surface area contributed by atoms with Crippen LogP contribution in [0.4, 0.5) is 19.0 Å². The predicted octanol–water partition coefficient (Wildman–Crippen LogP) is 3.05. The predicted molar refractivity (Wildman–Crippen MR) is 70.0 cm³/mol. The first kappa shape index (κ1) is 15.8. The van der Waals surface area contributed by atoms with Crippen LogP contribution in [-0.4, -0.2) is 24.1 Å². The van der Waals surface area contributed by atoms with Gasteiger partial charge in [-0.2, -0.15) is 13.2 Å². The number of alkyl halides is 3. The zero-order valence-electron chi connectivity index (χ0n) is 11.2. The molecule has 6 heteroatoms. The maximum Gasteiger partial charge on any atom is 0.417 e. The Bertz CT molecular complexity index is 372. The average molecular weight is 275 g/mol. The number of hydrogen-bond acceptors (Lipinski definition) is 3. The first-order chi connectivity index (χ1) is 8.93. The molecule has 19 heavy (non-hydrogen) atoms. The number of hydrogen-bond donors (Lipinski definition) is 1. The van der Waals surface area contributed by atoms with Crippen LogP contribution < -0.4 is 10.6 Å². The highest BCUT2D eigenvalue weighted by Gasteiger charge is 2.31. The molecule has 3 nitrogen and oxygen atoms in total. The molecule has 0 spiro atoms. The second kappa shape index (κ2) is 6.75. The van der Waals surface area contributed by atoms with Crippen LogP contribution in [-0.2, 0) is 6.18 Å². The van der Waals surface area contributed by atoms with E-state index in [-0.39, 0.29) is 6.04 Å². The summed E-state index contributed by atoms with van der Waals surface area (Å²) in [5.74, 6) is 0.548. The molecule has 0 saturated heterocycles. The van der Waals surface area contributed by atoms with E-state index < -0.39 is 11.7 Å². The van der Waals surface area contributed by atoms with Crippen LogP contribution in [0.5, 0.6) is 0 Å². The molecule has 0 amide bonds. The largest absolute Gasteiger partial charge is 0.417 e. The van der Waals surface area contributed by atoms with Gasteiger partial charge in [-0.3, -0.25) is 0 Å². The number of rotatable bonds is 6. The third-order valence-corrected chi connectivity index (χ3v) is 3.12. The monoisotopic (exact) mass is 275 g/mol. The van der Waals surface area contributed by atoms with Crippen LogP contribution in [0.1, 0.15) is 32.3 Å². The van der Waals surface area contributed by atoms with Gasteiger partial charge in [0.2, 0.25) is 0 Å². The molecule has 1 heterocycles. The number of aromatic nitrogens is 1. The van der Waals surface area contributed by atoms with Gasteiger partial charge < -0.3 is 10.6 Å². The van der Waals surface area contributed by atoms with E-state index in [4.69, 9.17) is 5.73 Å². The fourth-order valence-corrected chi connectivity index (χ4v) is 2.08. The lowest BCUT2D eigenvalue weighted by Crippen LogP contribution is -2.38. The van der Waals surface area contributed by atoms with Crippen LogP contribution in [0, 0.1) is 0 Å². The zero-order valence-corrected chi connectivity index (χ0v) is 11.2. The minimum atomic E-state index is -4.35. The Morgan fingerprint density at radius 3 is 2.26 bits per heavy atom. The van der Waals surface area contributed by atoms with Crippen molar-refractivity contribution >= 4 is 5.82 Å². The molecular weight excluding hydrogens is 255 g/mol. The van der Waals surface area contributed by atoms with Crippen molar-refractivity contribution in [1.82, 2.24) is 4.98 Å². The lowest BCUT2D eigenvalue weighted by atomic mass is 10.1. The summed E-state index contributed by atoms with van der Waals surface area (Å²) in [5.41, 5.74) is 4.84. The van der Waals surface area contributed by atoms with E-state index in [9.17, 15) is 13.2 Å². The van der Waals surface area contributed by atoms with E-state index in [1.165, 1.54) is 6.07 Å². The Balaban J connectivity index is 2.97. The number of nitrogens with zero attached hydrogens (tertiary/aromatic N) is 2. The molecule has 1 aromatic rings. The highest BCUT2D eigenvalue weighted by molar-refractivity contribution is 5.41. The van der Waals surface area contributed by atoms with Crippen LogP contribution in [0.3, 0.4) is 0 Å². The van der Waals surface area contributed by atoms with Crippen molar-refractivity contribution in [3.05, 3.63) is 23.9 Å². The zero-order chi connectivity index (χ0) is 14.5. The average Bonchev–Trinajstić information content (AvgIpc) is 2.38. The summed E-state index contributed by atoms with van der Waals surface area (Å²) in [6.07, 6.45) is -1.67. The topological polar surface area (TPSA) is 42.1 Å². The number of pyridine rings is 1. The smallest absolute Gasteiger partial charge is 0.352 e. The second-order valence-electron chi connectivity index (χ2n) is 4.36. The fraction of sp³-hybridized carbons (Fsp3) is 0.615. The van der Waals surface area contributed by atoms with E-state index in [0.29, 0.717) is 18.9 Å². The van der Waals surface area contributed by atoms with E-state index >= 15 is 0 Å². The van der Waals surface area contributed by atoms with E-state index in [2.05, 4.69) is 4.98 Å². The van der Waals surface area contributed by atoms with Crippen LogP contribution in [0.25, 0.3) is 0 Å². The highest BCUT2D eigenvalue weighted by atomic mass is 19.4. The summed E-state index contributed by atoms with van der Waals surface area (Å²) >= 11 is 0. The summed E-state index contributed by atoms with van der Waals surface area (Å²) < 4.78 is 37.5. The summed E-state index contributed by atoms with van der Waals surface area (Å²) in [5, 5.41) is 0. The Morgan fingerprint density at radius 1 is 1.26 bits per heavy atom. The molecule has 0 atom stereocenters. The van der Waals surface area contributed by atoms with Gasteiger partial charge in [0.1, 0.15) is 5.82 Å². The molecule has 108 valence electrons. The molecule has 0 aromatic carbocycles. The summed E-state index contributed by atoms with van der Waals surface area (Å²) in [6, 6.07) is 2.72. The van der Waals surface area contributed by atoms with Crippen molar-refractivity contribution in [2.75, 3.05) is 18.0 Å². The van der Waals surface area contributed by atoms with E-state index in [1.807, 2.05) is 18.7 Å². The SMILES string of the molecule is CCC(CC)N(CCN)c1ccc(C(F)(F)F)cn1. The molecule has 0 aliphatic rings. The minimum absolute atomic E-state index is 0.243. The standard InChI is InChI=1S/C13H20F3N3/c1-3-11(4-2)19(8-7-17)12-6-5-10(9-18-12)13(14,15)16/h5-6,9,11H,3-4,7-8,17H2,1-2H3. The minimum Gasteiger partial charge on any atom is -0.352 e. The number of nitrogens with two attached hydrogens (primary N) is 1. The fourth-order valence-electron chi connectivity index (χ4n) is 2.08. The highest BCUT2D eigenvalue weighted by Crippen LogP contribution is 2.29. The lowest BCUT2D eigenvalue weighted by Gasteiger charge is -2.31. The normalized spacial score (nSPS) is 11.9. The van der Waals surface area contributed by atoms with Gasteiger partial charge >= 0.3 is 6.18 Å².